The van der Waals surface area contributed by atoms with Crippen molar-refractivity contribution in [2.24, 2.45) is 0 Å². The van der Waals surface area contributed by atoms with Crippen LogP contribution < -0.4 is 5.32 Å². The summed E-state index contributed by atoms with van der Waals surface area (Å²) < 4.78 is 0. The summed E-state index contributed by atoms with van der Waals surface area (Å²) in [7, 11) is 2.10. The van der Waals surface area contributed by atoms with Crippen molar-refractivity contribution in [3.8, 4) is 0 Å². The van der Waals surface area contributed by atoms with Gasteiger partial charge in [-0.05, 0) is 60.1 Å². The molecular formula is C26H27N5O. The lowest BCUT2D eigenvalue weighted by Crippen LogP contribution is -2.47. The first-order valence-corrected chi connectivity index (χ1v) is 11.1. The van der Waals surface area contributed by atoms with Gasteiger partial charge in [0.05, 0.1) is 0 Å². The zero-order valence-electron chi connectivity index (χ0n) is 18.3. The molecule has 0 bridgehead atoms. The smallest absolute Gasteiger partial charge is 0.253 e. The first-order chi connectivity index (χ1) is 15.7. The SMILES string of the molecule is CN1CCN(C(=O)c2ccc3cc(CCNc4ccnc5ncccc45)ccc3c2)CC1. The Morgan fingerprint density at radius 3 is 2.59 bits per heavy atom. The zero-order chi connectivity index (χ0) is 21.9. The number of hydrogen-bond acceptors (Lipinski definition) is 5. The van der Waals surface area contributed by atoms with E-state index in [0.717, 1.165) is 72.2 Å². The third-order valence-electron chi connectivity index (χ3n) is 6.19. The molecule has 0 spiro atoms. The average Bonchev–Trinajstić information content (AvgIpc) is 2.84. The van der Waals surface area contributed by atoms with Crippen LogP contribution in [0.5, 0.6) is 0 Å². The molecule has 1 N–H and O–H groups in total. The second kappa shape index (κ2) is 8.93. The van der Waals surface area contributed by atoms with Crippen molar-refractivity contribution in [3.63, 3.8) is 0 Å². The van der Waals surface area contributed by atoms with E-state index in [2.05, 4.69) is 51.5 Å². The van der Waals surface area contributed by atoms with Crippen molar-refractivity contribution >= 4 is 33.4 Å². The maximum absolute atomic E-state index is 12.9. The summed E-state index contributed by atoms with van der Waals surface area (Å²) in [6.07, 6.45) is 4.45. The molecular weight excluding hydrogens is 398 g/mol. The van der Waals surface area contributed by atoms with Gasteiger partial charge in [0, 0.05) is 61.8 Å². The predicted octanol–water partition coefficient (Wildman–Crippen LogP) is 3.83. The highest BCUT2D eigenvalue weighted by Crippen LogP contribution is 2.21. The maximum Gasteiger partial charge on any atom is 0.253 e. The van der Waals surface area contributed by atoms with Gasteiger partial charge in [-0.2, -0.15) is 0 Å². The third-order valence-corrected chi connectivity index (χ3v) is 6.19. The van der Waals surface area contributed by atoms with Crippen LogP contribution in [0, 0.1) is 0 Å². The molecule has 1 aliphatic rings. The molecule has 0 aliphatic carbocycles. The number of hydrogen-bond donors (Lipinski definition) is 1. The summed E-state index contributed by atoms with van der Waals surface area (Å²) in [6.45, 7) is 4.27. The lowest BCUT2D eigenvalue weighted by molar-refractivity contribution is 0.0664. The molecule has 2 aromatic carbocycles. The number of piperazine rings is 1. The Kier molecular flexibility index (Phi) is 5.69. The Hall–Kier alpha value is -3.51. The second-order valence-corrected chi connectivity index (χ2v) is 8.40. The fourth-order valence-electron chi connectivity index (χ4n) is 4.25. The van der Waals surface area contributed by atoms with E-state index >= 15 is 0 Å². The van der Waals surface area contributed by atoms with Crippen molar-refractivity contribution in [1.82, 2.24) is 19.8 Å². The van der Waals surface area contributed by atoms with Crippen LogP contribution in [0.2, 0.25) is 0 Å². The van der Waals surface area contributed by atoms with E-state index in [-0.39, 0.29) is 5.91 Å². The lowest BCUT2D eigenvalue weighted by Gasteiger charge is -2.32. The van der Waals surface area contributed by atoms with E-state index in [4.69, 9.17) is 0 Å². The number of fused-ring (bicyclic) bond motifs is 2. The molecule has 32 heavy (non-hydrogen) atoms. The van der Waals surface area contributed by atoms with Crippen molar-refractivity contribution in [2.45, 2.75) is 6.42 Å². The number of nitrogens with zero attached hydrogens (tertiary/aromatic N) is 4. The van der Waals surface area contributed by atoms with Crippen LogP contribution in [-0.2, 0) is 6.42 Å². The molecule has 5 rings (SSSR count). The molecule has 6 heteroatoms. The molecule has 2 aromatic heterocycles. The third kappa shape index (κ3) is 4.27. The topological polar surface area (TPSA) is 61.4 Å². The van der Waals surface area contributed by atoms with Crippen LogP contribution in [0.15, 0.2) is 67.0 Å². The van der Waals surface area contributed by atoms with Gasteiger partial charge in [-0.15, -0.1) is 0 Å². The minimum absolute atomic E-state index is 0.132. The van der Waals surface area contributed by atoms with Gasteiger partial charge < -0.3 is 15.1 Å². The Bertz CT molecular complexity index is 1260. The molecule has 6 nitrogen and oxygen atoms in total. The number of rotatable bonds is 5. The van der Waals surface area contributed by atoms with E-state index in [0.29, 0.717) is 0 Å². The van der Waals surface area contributed by atoms with E-state index in [9.17, 15) is 4.79 Å². The van der Waals surface area contributed by atoms with Crippen LogP contribution >= 0.6 is 0 Å². The lowest BCUT2D eigenvalue weighted by atomic mass is 10.0. The minimum atomic E-state index is 0.132. The highest BCUT2D eigenvalue weighted by Gasteiger charge is 2.20. The zero-order valence-corrected chi connectivity index (χ0v) is 18.3. The normalized spacial score (nSPS) is 14.7. The van der Waals surface area contributed by atoms with Crippen LogP contribution in [-0.4, -0.2) is 65.4 Å². The molecule has 162 valence electrons. The Balaban J connectivity index is 1.26. The monoisotopic (exact) mass is 425 g/mol. The summed E-state index contributed by atoms with van der Waals surface area (Å²) in [4.78, 5) is 25.7. The summed E-state index contributed by atoms with van der Waals surface area (Å²) in [5, 5.41) is 6.81. The molecule has 3 heterocycles. The van der Waals surface area contributed by atoms with Crippen molar-refractivity contribution in [3.05, 3.63) is 78.1 Å². The number of carbonyl (C=O) groups excluding carboxylic acids is 1. The molecule has 1 saturated heterocycles. The van der Waals surface area contributed by atoms with Crippen LogP contribution in [0.3, 0.4) is 0 Å². The predicted molar refractivity (Wildman–Crippen MR) is 129 cm³/mol. The summed E-state index contributed by atoms with van der Waals surface area (Å²) >= 11 is 0. The van der Waals surface area contributed by atoms with Gasteiger partial charge in [0.25, 0.3) is 5.91 Å². The number of carbonyl (C=O) groups is 1. The Morgan fingerprint density at radius 1 is 0.938 bits per heavy atom. The fourth-order valence-corrected chi connectivity index (χ4v) is 4.25. The molecule has 1 amide bonds. The summed E-state index contributed by atoms with van der Waals surface area (Å²) in [5.41, 5.74) is 3.84. The molecule has 0 saturated carbocycles. The average molecular weight is 426 g/mol. The highest BCUT2D eigenvalue weighted by atomic mass is 16.2. The van der Waals surface area contributed by atoms with Gasteiger partial charge in [-0.1, -0.05) is 24.3 Å². The van der Waals surface area contributed by atoms with Crippen molar-refractivity contribution in [1.29, 1.82) is 0 Å². The van der Waals surface area contributed by atoms with Crippen LogP contribution in [0.25, 0.3) is 21.8 Å². The van der Waals surface area contributed by atoms with Crippen molar-refractivity contribution in [2.75, 3.05) is 45.1 Å². The van der Waals surface area contributed by atoms with Gasteiger partial charge in [0.2, 0.25) is 0 Å². The molecule has 0 atom stereocenters. The van der Waals surface area contributed by atoms with Gasteiger partial charge >= 0.3 is 0 Å². The quantitative estimate of drug-likeness (QED) is 0.527. The number of aromatic nitrogens is 2. The molecule has 4 aromatic rings. The van der Waals surface area contributed by atoms with Crippen LogP contribution in [0.1, 0.15) is 15.9 Å². The Morgan fingerprint density at radius 2 is 1.72 bits per heavy atom. The largest absolute Gasteiger partial charge is 0.384 e. The standard InChI is InChI=1S/C26H27N5O/c1-30-13-15-31(16-14-30)26(32)22-7-6-20-17-19(4-5-21(20)18-22)8-11-27-24-9-12-29-25-23(24)3-2-10-28-25/h2-7,9-10,12,17-18H,8,11,13-16H2,1H3,(H,27,28,29). The van der Waals surface area contributed by atoms with Gasteiger partial charge in [-0.25, -0.2) is 9.97 Å². The van der Waals surface area contributed by atoms with E-state index in [1.54, 1.807) is 12.4 Å². The molecule has 0 unspecified atom stereocenters. The van der Waals surface area contributed by atoms with Gasteiger partial charge in [0.15, 0.2) is 5.65 Å². The van der Waals surface area contributed by atoms with Gasteiger partial charge in [0.1, 0.15) is 0 Å². The second-order valence-electron chi connectivity index (χ2n) is 8.40. The molecule has 1 fully saturated rings. The minimum Gasteiger partial charge on any atom is -0.384 e. The number of likely N-dealkylation sites (N-methyl/N-ethyl adjacent to an activating group) is 1. The number of anilines is 1. The molecule has 1 aliphatic heterocycles. The number of pyridine rings is 2. The number of nitrogens with one attached hydrogen (secondary N) is 1. The summed E-state index contributed by atoms with van der Waals surface area (Å²) in [5.74, 6) is 0.132. The first kappa shape index (κ1) is 20.4. The molecule has 0 radical (unpaired) electrons. The van der Waals surface area contributed by atoms with E-state index in [1.807, 2.05) is 35.2 Å². The number of benzene rings is 2. The first-order valence-electron chi connectivity index (χ1n) is 11.1. The highest BCUT2D eigenvalue weighted by molar-refractivity contribution is 5.98. The fraction of sp³-hybridized carbons (Fsp3) is 0.269. The van der Waals surface area contributed by atoms with Gasteiger partial charge in [-0.3, -0.25) is 4.79 Å². The maximum atomic E-state index is 12.9. The van der Waals surface area contributed by atoms with E-state index in [1.165, 1.54) is 5.56 Å². The Labute approximate surface area is 187 Å². The number of amides is 1. The van der Waals surface area contributed by atoms with E-state index < -0.39 is 0 Å². The summed E-state index contributed by atoms with van der Waals surface area (Å²) in [6, 6.07) is 18.5. The van der Waals surface area contributed by atoms with Crippen LogP contribution in [0.4, 0.5) is 5.69 Å². The van der Waals surface area contributed by atoms with Crippen molar-refractivity contribution < 1.29 is 4.79 Å².